The van der Waals surface area contributed by atoms with Crippen molar-refractivity contribution < 1.29 is 19.1 Å². The van der Waals surface area contributed by atoms with E-state index in [0.717, 1.165) is 16.7 Å². The summed E-state index contributed by atoms with van der Waals surface area (Å²) in [5.41, 5.74) is 4.77. The van der Waals surface area contributed by atoms with Gasteiger partial charge in [0.2, 0.25) is 0 Å². The molecule has 3 aromatic carbocycles. The molecule has 2 unspecified atom stereocenters. The van der Waals surface area contributed by atoms with Crippen LogP contribution >= 0.6 is 0 Å². The van der Waals surface area contributed by atoms with E-state index in [-0.39, 0.29) is 18.0 Å². The van der Waals surface area contributed by atoms with Gasteiger partial charge in [-0.2, -0.15) is 0 Å². The van der Waals surface area contributed by atoms with Gasteiger partial charge >= 0.3 is 12.0 Å². The Bertz CT molecular complexity index is 1210. The molecule has 0 fully saturated rings. The van der Waals surface area contributed by atoms with E-state index in [1.165, 1.54) is 7.11 Å². The number of benzene rings is 3. The lowest BCUT2D eigenvalue weighted by Gasteiger charge is -2.29. The van der Waals surface area contributed by atoms with Crippen LogP contribution in [0.15, 0.2) is 72.8 Å². The molecule has 1 aliphatic rings. The molecule has 0 saturated carbocycles. The monoisotopic (exact) mass is 457 g/mol. The minimum atomic E-state index is -0.615. The average Bonchev–Trinajstić information content (AvgIpc) is 3.10. The van der Waals surface area contributed by atoms with Crippen LogP contribution in [0.5, 0.6) is 0 Å². The number of para-hydroxylation sites is 1. The molecular formula is C27H27N3O4. The van der Waals surface area contributed by atoms with Crippen LogP contribution in [0, 0.1) is 0 Å². The van der Waals surface area contributed by atoms with E-state index in [0.29, 0.717) is 23.4 Å². The van der Waals surface area contributed by atoms with Crippen molar-refractivity contribution in [3.8, 4) is 11.1 Å². The Morgan fingerprint density at radius 2 is 1.56 bits per heavy atom. The second-order valence-corrected chi connectivity index (χ2v) is 8.16. The summed E-state index contributed by atoms with van der Waals surface area (Å²) in [6.45, 7) is 3.79. The first-order valence-electron chi connectivity index (χ1n) is 11.2. The fourth-order valence-electron chi connectivity index (χ4n) is 4.33. The van der Waals surface area contributed by atoms with Gasteiger partial charge in [-0.15, -0.1) is 0 Å². The van der Waals surface area contributed by atoms with E-state index in [1.807, 2.05) is 86.6 Å². The number of esters is 1. The van der Waals surface area contributed by atoms with Gasteiger partial charge in [0.25, 0.3) is 5.91 Å². The number of amides is 3. The van der Waals surface area contributed by atoms with Gasteiger partial charge in [-0.1, -0.05) is 43.3 Å². The van der Waals surface area contributed by atoms with E-state index in [9.17, 15) is 14.4 Å². The first-order chi connectivity index (χ1) is 16.4. The number of rotatable bonds is 6. The highest BCUT2D eigenvalue weighted by Crippen LogP contribution is 2.38. The lowest BCUT2D eigenvalue weighted by Crippen LogP contribution is -2.43. The van der Waals surface area contributed by atoms with Crippen molar-refractivity contribution in [2.24, 2.45) is 0 Å². The van der Waals surface area contributed by atoms with E-state index >= 15 is 0 Å². The molecule has 1 heterocycles. The zero-order chi connectivity index (χ0) is 24.2. The number of hydrogen-bond donors (Lipinski definition) is 2. The van der Waals surface area contributed by atoms with Crippen LogP contribution in [0.3, 0.4) is 0 Å². The molecule has 7 heteroatoms. The number of anilines is 2. The van der Waals surface area contributed by atoms with Crippen LogP contribution < -0.4 is 10.6 Å². The lowest BCUT2D eigenvalue weighted by atomic mass is 9.98. The third-order valence-electron chi connectivity index (χ3n) is 6.09. The largest absolute Gasteiger partial charge is 0.467 e. The molecule has 34 heavy (non-hydrogen) atoms. The average molecular weight is 458 g/mol. The Kier molecular flexibility index (Phi) is 6.63. The third kappa shape index (κ3) is 4.50. The molecule has 174 valence electrons. The van der Waals surface area contributed by atoms with Crippen molar-refractivity contribution in [1.29, 1.82) is 0 Å². The standard InChI is InChI=1S/C27H27N3O4/c1-4-24(26(32)34-3)30-17(2)23-16-19(12-15-22(23)25(30)31)18-10-13-21(14-11-18)29-27(33)28-20-8-6-5-7-9-20/h5-17,24H,4H2,1-3H3,(H2,28,29,33). The molecule has 7 nitrogen and oxygen atoms in total. The summed E-state index contributed by atoms with van der Waals surface area (Å²) >= 11 is 0. The van der Waals surface area contributed by atoms with Crippen molar-refractivity contribution in [3.63, 3.8) is 0 Å². The normalized spacial score (nSPS) is 15.4. The molecule has 0 saturated heterocycles. The number of hydrogen-bond acceptors (Lipinski definition) is 4. The zero-order valence-electron chi connectivity index (χ0n) is 19.4. The van der Waals surface area contributed by atoms with Crippen LogP contribution in [-0.2, 0) is 9.53 Å². The second-order valence-electron chi connectivity index (χ2n) is 8.16. The topological polar surface area (TPSA) is 87.7 Å². The molecule has 4 rings (SSSR count). The minimum absolute atomic E-state index is 0.157. The van der Waals surface area contributed by atoms with Crippen LogP contribution in [0.2, 0.25) is 0 Å². The summed E-state index contributed by atoms with van der Waals surface area (Å²) in [5.74, 6) is -0.564. The number of nitrogens with one attached hydrogen (secondary N) is 2. The smallest absolute Gasteiger partial charge is 0.328 e. The fraction of sp³-hybridized carbons (Fsp3) is 0.222. The Balaban J connectivity index is 1.50. The molecular weight excluding hydrogens is 430 g/mol. The molecule has 2 N–H and O–H groups in total. The van der Waals surface area contributed by atoms with Gasteiger partial charge in [0.15, 0.2) is 0 Å². The van der Waals surface area contributed by atoms with E-state index < -0.39 is 12.0 Å². The molecule has 3 aromatic rings. The summed E-state index contributed by atoms with van der Waals surface area (Å²) in [6.07, 6.45) is 0.482. The van der Waals surface area contributed by atoms with E-state index in [2.05, 4.69) is 10.6 Å². The number of carbonyl (C=O) groups is 3. The Morgan fingerprint density at radius 1 is 0.941 bits per heavy atom. The molecule has 0 spiro atoms. The second kappa shape index (κ2) is 9.79. The SMILES string of the molecule is CCC(C(=O)OC)N1C(=O)c2ccc(-c3ccc(NC(=O)Nc4ccccc4)cc3)cc2C1C. The van der Waals surface area contributed by atoms with Crippen LogP contribution in [0.1, 0.15) is 42.2 Å². The van der Waals surface area contributed by atoms with E-state index in [1.54, 1.807) is 4.90 Å². The Morgan fingerprint density at radius 3 is 2.18 bits per heavy atom. The lowest BCUT2D eigenvalue weighted by molar-refractivity contribution is -0.146. The van der Waals surface area contributed by atoms with Gasteiger partial charge < -0.3 is 20.3 Å². The minimum Gasteiger partial charge on any atom is -0.467 e. The van der Waals surface area contributed by atoms with Crippen molar-refractivity contribution in [2.45, 2.75) is 32.4 Å². The van der Waals surface area contributed by atoms with E-state index in [4.69, 9.17) is 4.74 Å². The van der Waals surface area contributed by atoms with Gasteiger partial charge in [-0.05, 0) is 66.4 Å². The number of ether oxygens (including phenoxy) is 1. The first-order valence-corrected chi connectivity index (χ1v) is 11.2. The highest BCUT2D eigenvalue weighted by atomic mass is 16.5. The zero-order valence-corrected chi connectivity index (χ0v) is 19.4. The number of nitrogens with zero attached hydrogens (tertiary/aromatic N) is 1. The van der Waals surface area contributed by atoms with Gasteiger partial charge in [-0.3, -0.25) is 4.79 Å². The first kappa shape index (κ1) is 23.0. The fourth-order valence-corrected chi connectivity index (χ4v) is 4.33. The van der Waals surface area contributed by atoms with Crippen molar-refractivity contribution >= 4 is 29.3 Å². The van der Waals surface area contributed by atoms with Crippen LogP contribution in [0.4, 0.5) is 16.2 Å². The number of methoxy groups -OCH3 is 1. The van der Waals surface area contributed by atoms with Gasteiger partial charge in [0.05, 0.1) is 13.2 Å². The molecule has 0 aromatic heterocycles. The van der Waals surface area contributed by atoms with Gasteiger partial charge in [-0.25, -0.2) is 9.59 Å². The Hall–Kier alpha value is -4.13. The van der Waals surface area contributed by atoms with Gasteiger partial charge in [0, 0.05) is 16.9 Å². The maximum Gasteiger partial charge on any atom is 0.328 e. The Labute approximate surface area is 198 Å². The van der Waals surface area contributed by atoms with Crippen molar-refractivity contribution in [3.05, 3.63) is 83.9 Å². The summed E-state index contributed by atoms with van der Waals surface area (Å²) < 4.78 is 4.91. The highest BCUT2D eigenvalue weighted by Gasteiger charge is 2.41. The maximum absolute atomic E-state index is 13.0. The summed E-state index contributed by atoms with van der Waals surface area (Å²) in [7, 11) is 1.34. The van der Waals surface area contributed by atoms with Crippen LogP contribution in [0.25, 0.3) is 11.1 Å². The summed E-state index contributed by atoms with van der Waals surface area (Å²) in [6, 6.07) is 21.3. The highest BCUT2D eigenvalue weighted by molar-refractivity contribution is 6.02. The predicted octanol–water partition coefficient (Wildman–Crippen LogP) is 5.47. The number of carbonyl (C=O) groups excluding carboxylic acids is 3. The molecule has 2 atom stereocenters. The van der Waals surface area contributed by atoms with Gasteiger partial charge in [0.1, 0.15) is 6.04 Å². The summed E-state index contributed by atoms with van der Waals surface area (Å²) in [5, 5.41) is 5.60. The molecule has 3 amide bonds. The van der Waals surface area contributed by atoms with Crippen molar-refractivity contribution in [1.82, 2.24) is 4.90 Å². The van der Waals surface area contributed by atoms with Crippen molar-refractivity contribution in [2.75, 3.05) is 17.7 Å². The molecule has 0 radical (unpaired) electrons. The summed E-state index contributed by atoms with van der Waals surface area (Å²) in [4.78, 5) is 39.1. The van der Waals surface area contributed by atoms with Crippen LogP contribution in [-0.4, -0.2) is 36.0 Å². The maximum atomic E-state index is 13.0. The quantitative estimate of drug-likeness (QED) is 0.481. The molecule has 1 aliphatic heterocycles. The molecule has 0 bridgehead atoms. The predicted molar refractivity (Wildman–Crippen MR) is 132 cm³/mol. The molecule has 0 aliphatic carbocycles. The number of fused-ring (bicyclic) bond motifs is 1. The number of urea groups is 1. The third-order valence-corrected chi connectivity index (χ3v) is 6.09.